The number of rotatable bonds is 6. The maximum Gasteiger partial charge on any atom is 0.416 e. The summed E-state index contributed by atoms with van der Waals surface area (Å²) in [5.74, 6) is -1.72. The van der Waals surface area contributed by atoms with Crippen LogP contribution in [0.4, 0.5) is 13.2 Å². The van der Waals surface area contributed by atoms with E-state index < -0.39 is 29.1 Å². The molecule has 5 N–H and O–H groups in total. The van der Waals surface area contributed by atoms with E-state index in [1.165, 1.54) is 29.7 Å². The Bertz CT molecular complexity index is 822. The molecule has 0 saturated carbocycles. The van der Waals surface area contributed by atoms with Gasteiger partial charge in [0.1, 0.15) is 11.2 Å². The van der Waals surface area contributed by atoms with Crippen molar-refractivity contribution in [1.82, 2.24) is 10.3 Å². The molecule has 2 amide bonds. The molecule has 1 aromatic carbocycles. The standard InChI is InChI=1S/C16H17F3N4O2S/c1-15(14(21)25,9-3-2-4-10(7-9)16(17,18)19)23-13(24)11-8-26-12(22-11)5-6-20/h2-4,7-8H,5-6,20H2,1H3,(H2,21,25)(H,23,24). The van der Waals surface area contributed by atoms with Gasteiger partial charge in [-0.05, 0) is 31.2 Å². The van der Waals surface area contributed by atoms with Crippen molar-refractivity contribution in [2.75, 3.05) is 6.54 Å². The first kappa shape index (κ1) is 19.9. The van der Waals surface area contributed by atoms with Crippen molar-refractivity contribution in [1.29, 1.82) is 0 Å². The number of alkyl halides is 3. The summed E-state index contributed by atoms with van der Waals surface area (Å²) in [6, 6.07) is 4.09. The molecule has 0 aliphatic rings. The van der Waals surface area contributed by atoms with Crippen LogP contribution in [0.2, 0.25) is 0 Å². The van der Waals surface area contributed by atoms with Gasteiger partial charge < -0.3 is 16.8 Å². The number of thiazole rings is 1. The van der Waals surface area contributed by atoms with E-state index >= 15 is 0 Å². The molecule has 0 aliphatic carbocycles. The Kier molecular flexibility index (Phi) is 5.67. The van der Waals surface area contributed by atoms with Gasteiger partial charge in [-0.2, -0.15) is 13.2 Å². The molecule has 26 heavy (non-hydrogen) atoms. The Morgan fingerprint density at radius 1 is 1.27 bits per heavy atom. The molecule has 0 fully saturated rings. The summed E-state index contributed by atoms with van der Waals surface area (Å²) in [6.07, 6.45) is -4.11. The molecule has 0 spiro atoms. The highest BCUT2D eigenvalue weighted by molar-refractivity contribution is 7.09. The SMILES string of the molecule is CC(NC(=O)c1csc(CCN)n1)(C(N)=O)c1cccc(C(F)(F)F)c1. The second kappa shape index (κ2) is 7.42. The molecule has 10 heteroatoms. The number of benzene rings is 1. The van der Waals surface area contributed by atoms with Crippen molar-refractivity contribution >= 4 is 23.2 Å². The lowest BCUT2D eigenvalue weighted by Crippen LogP contribution is -2.52. The molecular formula is C16H17F3N4O2S. The molecular weight excluding hydrogens is 369 g/mol. The Hall–Kier alpha value is -2.46. The molecule has 1 heterocycles. The van der Waals surface area contributed by atoms with Crippen LogP contribution >= 0.6 is 11.3 Å². The zero-order valence-corrected chi connectivity index (χ0v) is 14.6. The van der Waals surface area contributed by atoms with Crippen molar-refractivity contribution in [3.05, 3.63) is 51.5 Å². The first-order valence-electron chi connectivity index (χ1n) is 7.52. The fourth-order valence-electron chi connectivity index (χ4n) is 2.23. The number of hydrogen-bond acceptors (Lipinski definition) is 5. The van der Waals surface area contributed by atoms with E-state index in [9.17, 15) is 22.8 Å². The number of carbonyl (C=O) groups is 2. The van der Waals surface area contributed by atoms with Crippen molar-refractivity contribution in [2.24, 2.45) is 11.5 Å². The van der Waals surface area contributed by atoms with Crippen LogP contribution in [0.15, 0.2) is 29.6 Å². The molecule has 1 aromatic heterocycles. The molecule has 1 atom stereocenters. The Morgan fingerprint density at radius 3 is 2.50 bits per heavy atom. The predicted molar refractivity (Wildman–Crippen MR) is 90.3 cm³/mol. The van der Waals surface area contributed by atoms with Gasteiger partial charge in [-0.1, -0.05) is 12.1 Å². The molecule has 2 aromatic rings. The normalized spacial score (nSPS) is 13.9. The van der Waals surface area contributed by atoms with Gasteiger partial charge in [0, 0.05) is 11.8 Å². The fraction of sp³-hybridized carbons (Fsp3) is 0.312. The topological polar surface area (TPSA) is 111 Å². The number of halogens is 3. The number of amides is 2. The largest absolute Gasteiger partial charge is 0.416 e. The highest BCUT2D eigenvalue weighted by Crippen LogP contribution is 2.32. The highest BCUT2D eigenvalue weighted by atomic mass is 32.1. The summed E-state index contributed by atoms with van der Waals surface area (Å²) < 4.78 is 38.8. The summed E-state index contributed by atoms with van der Waals surface area (Å²) in [4.78, 5) is 28.4. The maximum absolute atomic E-state index is 12.9. The Balaban J connectivity index is 2.35. The third kappa shape index (κ3) is 4.20. The lowest BCUT2D eigenvalue weighted by molar-refractivity contribution is -0.137. The predicted octanol–water partition coefficient (Wildman–Crippen LogP) is 1.79. The molecule has 140 valence electrons. The summed E-state index contributed by atoms with van der Waals surface area (Å²) in [5, 5.41) is 4.51. The van der Waals surface area contributed by atoms with E-state index in [4.69, 9.17) is 11.5 Å². The smallest absolute Gasteiger partial charge is 0.367 e. The van der Waals surface area contributed by atoms with Gasteiger partial charge in [0.2, 0.25) is 5.91 Å². The number of nitrogens with zero attached hydrogens (tertiary/aromatic N) is 1. The number of primary amides is 1. The Morgan fingerprint density at radius 2 is 1.92 bits per heavy atom. The maximum atomic E-state index is 12.9. The van der Waals surface area contributed by atoms with E-state index in [1.807, 2.05) is 0 Å². The average Bonchev–Trinajstić information content (AvgIpc) is 3.03. The Labute approximate surface area is 151 Å². The highest BCUT2D eigenvalue weighted by Gasteiger charge is 2.38. The zero-order chi connectivity index (χ0) is 19.5. The second-order valence-electron chi connectivity index (χ2n) is 5.69. The number of hydrogen-bond donors (Lipinski definition) is 3. The lowest BCUT2D eigenvalue weighted by atomic mass is 9.89. The minimum atomic E-state index is -4.59. The fourth-order valence-corrected chi connectivity index (χ4v) is 3.02. The molecule has 6 nitrogen and oxygen atoms in total. The van der Waals surface area contributed by atoms with E-state index in [1.54, 1.807) is 0 Å². The number of nitrogens with one attached hydrogen (secondary N) is 1. The zero-order valence-electron chi connectivity index (χ0n) is 13.8. The summed E-state index contributed by atoms with van der Waals surface area (Å²) in [6.45, 7) is 1.60. The first-order valence-corrected chi connectivity index (χ1v) is 8.40. The van der Waals surface area contributed by atoms with Gasteiger partial charge in [0.15, 0.2) is 0 Å². The molecule has 0 bridgehead atoms. The number of nitrogens with two attached hydrogens (primary N) is 2. The first-order chi connectivity index (χ1) is 12.1. The van der Waals surface area contributed by atoms with E-state index in [0.29, 0.717) is 18.0 Å². The van der Waals surface area contributed by atoms with Crippen LogP contribution < -0.4 is 16.8 Å². The van der Waals surface area contributed by atoms with Crippen molar-refractivity contribution in [3.63, 3.8) is 0 Å². The van der Waals surface area contributed by atoms with Crippen molar-refractivity contribution < 1.29 is 22.8 Å². The molecule has 0 radical (unpaired) electrons. The van der Waals surface area contributed by atoms with Crippen molar-refractivity contribution in [2.45, 2.75) is 25.1 Å². The van der Waals surface area contributed by atoms with Gasteiger partial charge in [0.25, 0.3) is 5.91 Å². The van der Waals surface area contributed by atoms with Gasteiger partial charge in [-0.3, -0.25) is 9.59 Å². The third-order valence-corrected chi connectivity index (χ3v) is 4.67. The summed E-state index contributed by atoms with van der Waals surface area (Å²) in [5.41, 5.74) is 7.97. The quantitative estimate of drug-likeness (QED) is 0.703. The molecule has 2 rings (SSSR count). The number of aromatic nitrogens is 1. The lowest BCUT2D eigenvalue weighted by Gasteiger charge is -2.28. The van der Waals surface area contributed by atoms with Crippen LogP contribution in [0.1, 0.15) is 33.5 Å². The van der Waals surface area contributed by atoms with Crippen LogP contribution in [0, 0.1) is 0 Å². The average molecular weight is 386 g/mol. The molecule has 0 aliphatic heterocycles. The minimum Gasteiger partial charge on any atom is -0.367 e. The second-order valence-corrected chi connectivity index (χ2v) is 6.63. The van der Waals surface area contributed by atoms with Crippen LogP contribution in [0.25, 0.3) is 0 Å². The third-order valence-electron chi connectivity index (χ3n) is 3.77. The van der Waals surface area contributed by atoms with Crippen LogP contribution in [-0.4, -0.2) is 23.3 Å². The molecule has 0 saturated heterocycles. The minimum absolute atomic E-state index is 0.0397. The van der Waals surface area contributed by atoms with Gasteiger partial charge >= 0.3 is 6.18 Å². The van der Waals surface area contributed by atoms with E-state index in [-0.39, 0.29) is 11.3 Å². The monoisotopic (exact) mass is 386 g/mol. The van der Waals surface area contributed by atoms with E-state index in [0.717, 1.165) is 18.2 Å². The van der Waals surface area contributed by atoms with Gasteiger partial charge in [-0.15, -0.1) is 11.3 Å². The van der Waals surface area contributed by atoms with E-state index in [2.05, 4.69) is 10.3 Å². The van der Waals surface area contributed by atoms with Gasteiger partial charge in [-0.25, -0.2) is 4.98 Å². The van der Waals surface area contributed by atoms with Crippen LogP contribution in [-0.2, 0) is 22.9 Å². The summed E-state index contributed by atoms with van der Waals surface area (Å²) >= 11 is 1.22. The van der Waals surface area contributed by atoms with Crippen LogP contribution in [0.3, 0.4) is 0 Å². The van der Waals surface area contributed by atoms with Crippen LogP contribution in [0.5, 0.6) is 0 Å². The summed E-state index contributed by atoms with van der Waals surface area (Å²) in [7, 11) is 0. The number of carbonyl (C=O) groups excluding carboxylic acids is 2. The molecule has 1 unspecified atom stereocenters. The van der Waals surface area contributed by atoms with Crippen molar-refractivity contribution in [3.8, 4) is 0 Å². The van der Waals surface area contributed by atoms with Gasteiger partial charge in [0.05, 0.1) is 10.6 Å².